The Balaban J connectivity index is 1.30. The summed E-state index contributed by atoms with van der Waals surface area (Å²) in [6.07, 6.45) is 2.37. The van der Waals surface area contributed by atoms with E-state index in [1.807, 2.05) is 11.3 Å². The Morgan fingerprint density at radius 2 is 1.96 bits per heavy atom. The molecule has 0 amide bonds. The lowest BCUT2D eigenvalue weighted by Gasteiger charge is -2.45. The predicted molar refractivity (Wildman–Crippen MR) is 108 cm³/mol. The van der Waals surface area contributed by atoms with Gasteiger partial charge in [0.25, 0.3) is 0 Å². The lowest BCUT2D eigenvalue weighted by molar-refractivity contribution is 0.223. The summed E-state index contributed by atoms with van der Waals surface area (Å²) in [5.74, 6) is 0. The molecule has 2 aromatic carbocycles. The van der Waals surface area contributed by atoms with Crippen molar-refractivity contribution in [3.63, 3.8) is 0 Å². The summed E-state index contributed by atoms with van der Waals surface area (Å²) in [5, 5.41) is 3.91. The number of anilines is 1. The number of piperazine rings is 1. The number of fused-ring (bicyclic) bond motifs is 2. The summed E-state index contributed by atoms with van der Waals surface area (Å²) < 4.78 is 1.45. The fourth-order valence-corrected chi connectivity index (χ4v) is 5.43. The van der Waals surface area contributed by atoms with E-state index in [-0.39, 0.29) is 0 Å². The minimum Gasteiger partial charge on any atom is -0.365 e. The molecular formula is C22H24N2S. The molecule has 5 rings (SSSR count). The fourth-order valence-electron chi connectivity index (χ4n) is 4.43. The number of aryl methyl sites for hydroxylation is 1. The Labute approximate surface area is 153 Å². The number of nitrogens with zero attached hydrogens (tertiary/aromatic N) is 2. The first kappa shape index (κ1) is 15.4. The molecular weight excluding hydrogens is 324 g/mol. The van der Waals surface area contributed by atoms with Crippen LogP contribution in [0.1, 0.15) is 16.7 Å². The zero-order chi connectivity index (χ0) is 16.8. The normalized spacial score (nSPS) is 20.0. The van der Waals surface area contributed by atoms with Gasteiger partial charge in [-0.3, -0.25) is 4.90 Å². The number of benzene rings is 2. The van der Waals surface area contributed by atoms with Crippen LogP contribution in [-0.4, -0.2) is 37.1 Å². The van der Waals surface area contributed by atoms with Gasteiger partial charge in [0, 0.05) is 48.0 Å². The topological polar surface area (TPSA) is 6.48 Å². The molecule has 0 spiro atoms. The van der Waals surface area contributed by atoms with Crippen LogP contribution >= 0.6 is 11.3 Å². The maximum atomic E-state index is 2.67. The van der Waals surface area contributed by atoms with Crippen molar-refractivity contribution in [2.24, 2.45) is 0 Å². The number of hydrogen-bond donors (Lipinski definition) is 0. The van der Waals surface area contributed by atoms with E-state index >= 15 is 0 Å². The van der Waals surface area contributed by atoms with Gasteiger partial charge >= 0.3 is 0 Å². The zero-order valence-electron chi connectivity index (χ0n) is 14.7. The highest BCUT2D eigenvalue weighted by Gasteiger charge is 2.32. The summed E-state index contributed by atoms with van der Waals surface area (Å²) in [7, 11) is 0. The van der Waals surface area contributed by atoms with Crippen LogP contribution in [0.15, 0.2) is 47.8 Å². The molecule has 1 fully saturated rings. The summed E-state index contributed by atoms with van der Waals surface area (Å²) >= 11 is 1.91. The maximum Gasteiger partial charge on any atom is 0.0460 e. The molecule has 25 heavy (non-hydrogen) atoms. The molecule has 0 radical (unpaired) electrons. The Hall–Kier alpha value is -1.84. The van der Waals surface area contributed by atoms with Crippen LogP contribution in [0, 0.1) is 6.92 Å². The second-order valence-electron chi connectivity index (χ2n) is 7.50. The molecule has 1 atom stereocenters. The standard InChI is InChI=1S/C22H24N2S/c1-16-5-7-17(8-6-16)9-10-23-11-12-24-19(14-23)13-18-15-25-21-4-2-3-20(24)22(18)21/h2-8,15,19H,9-14H2,1H3. The molecule has 2 aliphatic rings. The van der Waals surface area contributed by atoms with Gasteiger partial charge < -0.3 is 4.90 Å². The molecule has 0 aliphatic carbocycles. The number of rotatable bonds is 3. The van der Waals surface area contributed by atoms with E-state index < -0.39 is 0 Å². The predicted octanol–water partition coefficient (Wildman–Crippen LogP) is 4.50. The second-order valence-corrected chi connectivity index (χ2v) is 8.41. The summed E-state index contributed by atoms with van der Waals surface area (Å²) in [6.45, 7) is 6.86. The van der Waals surface area contributed by atoms with Crippen molar-refractivity contribution in [1.29, 1.82) is 0 Å². The quantitative estimate of drug-likeness (QED) is 0.688. The van der Waals surface area contributed by atoms with E-state index in [1.165, 1.54) is 53.0 Å². The average Bonchev–Trinajstić information content (AvgIpc) is 3.05. The molecule has 1 unspecified atom stereocenters. The Morgan fingerprint density at radius 1 is 1.08 bits per heavy atom. The van der Waals surface area contributed by atoms with Gasteiger partial charge in [-0.2, -0.15) is 0 Å². The van der Waals surface area contributed by atoms with E-state index in [4.69, 9.17) is 0 Å². The molecule has 1 aromatic heterocycles. The highest BCUT2D eigenvalue weighted by Crippen LogP contribution is 2.40. The molecule has 3 heteroatoms. The van der Waals surface area contributed by atoms with Crippen LogP contribution in [0.4, 0.5) is 5.69 Å². The van der Waals surface area contributed by atoms with Crippen LogP contribution in [0.3, 0.4) is 0 Å². The monoisotopic (exact) mass is 348 g/mol. The molecule has 128 valence electrons. The van der Waals surface area contributed by atoms with Gasteiger partial charge in [0.15, 0.2) is 0 Å². The first-order valence-electron chi connectivity index (χ1n) is 9.31. The Morgan fingerprint density at radius 3 is 2.84 bits per heavy atom. The summed E-state index contributed by atoms with van der Waals surface area (Å²) in [6, 6.07) is 16.5. The van der Waals surface area contributed by atoms with Gasteiger partial charge in [-0.1, -0.05) is 35.9 Å². The largest absolute Gasteiger partial charge is 0.365 e. The molecule has 2 nitrogen and oxygen atoms in total. The molecule has 0 saturated carbocycles. The minimum atomic E-state index is 0.638. The average molecular weight is 349 g/mol. The third-order valence-corrected chi connectivity index (χ3v) is 6.82. The lowest BCUT2D eigenvalue weighted by atomic mass is 9.94. The Kier molecular flexibility index (Phi) is 3.79. The van der Waals surface area contributed by atoms with Gasteiger partial charge in [-0.05, 0) is 48.4 Å². The van der Waals surface area contributed by atoms with Crippen LogP contribution in [0.5, 0.6) is 0 Å². The fraction of sp³-hybridized carbons (Fsp3) is 0.364. The number of hydrogen-bond acceptors (Lipinski definition) is 3. The van der Waals surface area contributed by atoms with Crippen molar-refractivity contribution < 1.29 is 0 Å². The Bertz CT molecular complexity index is 896. The van der Waals surface area contributed by atoms with Crippen molar-refractivity contribution in [3.8, 4) is 0 Å². The SMILES string of the molecule is Cc1ccc(CCN2CCN3c4cccc5scc(c45)CC3C2)cc1. The second kappa shape index (κ2) is 6.15. The summed E-state index contributed by atoms with van der Waals surface area (Å²) in [5.41, 5.74) is 5.85. The molecule has 1 saturated heterocycles. The van der Waals surface area contributed by atoms with Crippen molar-refractivity contribution in [3.05, 3.63) is 64.5 Å². The van der Waals surface area contributed by atoms with E-state index in [2.05, 4.69) is 64.6 Å². The molecule has 3 heterocycles. The zero-order valence-corrected chi connectivity index (χ0v) is 15.6. The number of thiophene rings is 1. The van der Waals surface area contributed by atoms with Crippen LogP contribution < -0.4 is 4.90 Å². The van der Waals surface area contributed by atoms with Gasteiger partial charge in [0.05, 0.1) is 0 Å². The molecule has 2 aliphatic heterocycles. The minimum absolute atomic E-state index is 0.638. The first-order valence-corrected chi connectivity index (χ1v) is 10.2. The maximum absolute atomic E-state index is 2.67. The molecule has 0 N–H and O–H groups in total. The van der Waals surface area contributed by atoms with E-state index in [0.717, 1.165) is 13.0 Å². The lowest BCUT2D eigenvalue weighted by Crippen LogP contribution is -2.55. The molecule has 3 aromatic rings. The summed E-state index contributed by atoms with van der Waals surface area (Å²) in [4.78, 5) is 5.34. The van der Waals surface area contributed by atoms with Gasteiger partial charge in [-0.15, -0.1) is 11.3 Å². The van der Waals surface area contributed by atoms with Crippen molar-refractivity contribution in [2.45, 2.75) is 25.8 Å². The van der Waals surface area contributed by atoms with E-state index in [9.17, 15) is 0 Å². The van der Waals surface area contributed by atoms with Gasteiger partial charge in [0.2, 0.25) is 0 Å². The third kappa shape index (κ3) is 2.76. The third-order valence-electron chi connectivity index (χ3n) is 5.82. The highest BCUT2D eigenvalue weighted by atomic mass is 32.1. The first-order chi connectivity index (χ1) is 12.3. The van der Waals surface area contributed by atoms with E-state index in [1.54, 1.807) is 5.56 Å². The van der Waals surface area contributed by atoms with Crippen LogP contribution in [-0.2, 0) is 12.8 Å². The van der Waals surface area contributed by atoms with Crippen molar-refractivity contribution in [2.75, 3.05) is 31.1 Å². The van der Waals surface area contributed by atoms with Crippen LogP contribution in [0.25, 0.3) is 10.1 Å². The van der Waals surface area contributed by atoms with Gasteiger partial charge in [0.1, 0.15) is 0 Å². The molecule has 0 bridgehead atoms. The van der Waals surface area contributed by atoms with Crippen molar-refractivity contribution in [1.82, 2.24) is 4.90 Å². The van der Waals surface area contributed by atoms with E-state index in [0.29, 0.717) is 6.04 Å². The smallest absolute Gasteiger partial charge is 0.0460 e. The van der Waals surface area contributed by atoms with Crippen molar-refractivity contribution >= 4 is 27.1 Å². The highest BCUT2D eigenvalue weighted by molar-refractivity contribution is 7.17. The van der Waals surface area contributed by atoms with Gasteiger partial charge in [-0.25, -0.2) is 0 Å². The van der Waals surface area contributed by atoms with Crippen LogP contribution in [0.2, 0.25) is 0 Å².